The van der Waals surface area contributed by atoms with Crippen LogP contribution in [0.15, 0.2) is 36.4 Å². The number of aryl methyl sites for hydroxylation is 1. The lowest BCUT2D eigenvalue weighted by atomic mass is 9.81. The van der Waals surface area contributed by atoms with E-state index in [9.17, 15) is 45.6 Å². The van der Waals surface area contributed by atoms with Gasteiger partial charge in [0.2, 0.25) is 11.8 Å². The fourth-order valence-electron chi connectivity index (χ4n) is 5.41. The molecule has 0 saturated carbocycles. The lowest BCUT2D eigenvalue weighted by molar-refractivity contribution is -0.143. The summed E-state index contributed by atoms with van der Waals surface area (Å²) in [6, 6.07) is 6.98. The maximum absolute atomic E-state index is 14.1. The Morgan fingerprint density at radius 1 is 0.938 bits per heavy atom. The molecule has 14 heteroatoms. The van der Waals surface area contributed by atoms with Gasteiger partial charge in [0, 0.05) is 40.2 Å². The van der Waals surface area contributed by atoms with E-state index in [1.807, 2.05) is 4.90 Å². The predicted molar refractivity (Wildman–Crippen MR) is 168 cm³/mol. The number of rotatable bonds is 5. The lowest BCUT2D eigenvalue weighted by Gasteiger charge is -2.32. The van der Waals surface area contributed by atoms with Crippen LogP contribution in [0.25, 0.3) is 10.4 Å². The van der Waals surface area contributed by atoms with Crippen LogP contribution < -0.4 is 4.90 Å². The molecule has 0 bridgehead atoms. The van der Waals surface area contributed by atoms with Gasteiger partial charge in [-0.3, -0.25) is 14.5 Å². The number of thiophene rings is 1. The molecule has 0 spiro atoms. The molecule has 1 saturated heterocycles. The molecule has 48 heavy (non-hydrogen) atoms. The van der Waals surface area contributed by atoms with Gasteiger partial charge in [-0.15, -0.1) is 11.3 Å². The molecule has 0 aliphatic carbocycles. The van der Waals surface area contributed by atoms with Gasteiger partial charge in [0.05, 0.1) is 38.5 Å². The number of amides is 2. The monoisotopic (exact) mass is 692 g/mol. The highest BCUT2D eigenvalue weighted by Crippen LogP contribution is 2.45. The number of alkyl halides is 6. The smallest absolute Gasteiger partial charge is 0.340 e. The Hall–Kier alpha value is -4.40. The van der Waals surface area contributed by atoms with Crippen LogP contribution in [0.2, 0.25) is 0 Å². The molecule has 3 aromatic rings. The second kappa shape index (κ2) is 13.6. The number of piperazine rings is 1. The standard InChI is InChI=1S/C34H31F7N4O2S/c1-20-15-25(35)8-9-26(20)30-29(27(19-42)28(48-30)7-6-10-44-11-13-45(14-12-44)21(2)46)43(5)31(47)32(3,4)22-16-23(33(36,37)38)18-24(17-22)34(39,40)41/h8-9,15-18H,10-14H2,1-5H3. The van der Waals surface area contributed by atoms with Crippen molar-refractivity contribution in [3.63, 3.8) is 0 Å². The van der Waals surface area contributed by atoms with E-state index in [2.05, 4.69) is 17.9 Å². The van der Waals surface area contributed by atoms with Crippen molar-refractivity contribution >= 4 is 28.8 Å². The summed E-state index contributed by atoms with van der Waals surface area (Å²) in [6.07, 6.45) is -10.2. The van der Waals surface area contributed by atoms with Crippen molar-refractivity contribution in [2.45, 2.75) is 45.5 Å². The topological polar surface area (TPSA) is 67.7 Å². The van der Waals surface area contributed by atoms with E-state index in [-0.39, 0.29) is 28.1 Å². The summed E-state index contributed by atoms with van der Waals surface area (Å²) in [5.41, 5.74) is -4.67. The van der Waals surface area contributed by atoms with Crippen LogP contribution in [-0.2, 0) is 27.4 Å². The summed E-state index contributed by atoms with van der Waals surface area (Å²) in [5, 5.41) is 10.3. The van der Waals surface area contributed by atoms with Crippen molar-refractivity contribution in [3.8, 4) is 28.4 Å². The molecule has 4 rings (SSSR count). The van der Waals surface area contributed by atoms with Crippen LogP contribution in [0.4, 0.5) is 36.4 Å². The van der Waals surface area contributed by atoms with Gasteiger partial charge in [0.25, 0.3) is 0 Å². The zero-order valence-corrected chi connectivity index (χ0v) is 27.5. The SMILES string of the molecule is CC(=O)N1CCN(CC#Cc2sc(-c3ccc(F)cc3C)c(N(C)C(=O)C(C)(C)c3cc(C(F)(F)F)cc(C(F)(F)F)c3)c2C#N)CC1. The van der Waals surface area contributed by atoms with E-state index < -0.39 is 46.2 Å². The van der Waals surface area contributed by atoms with Crippen molar-refractivity contribution in [1.82, 2.24) is 9.80 Å². The first-order valence-electron chi connectivity index (χ1n) is 14.6. The van der Waals surface area contributed by atoms with Crippen LogP contribution >= 0.6 is 11.3 Å². The van der Waals surface area contributed by atoms with Gasteiger partial charge in [0.15, 0.2) is 0 Å². The van der Waals surface area contributed by atoms with Crippen molar-refractivity contribution in [1.29, 1.82) is 5.26 Å². The van der Waals surface area contributed by atoms with Gasteiger partial charge in [-0.1, -0.05) is 17.9 Å². The third kappa shape index (κ3) is 7.66. The first kappa shape index (κ1) is 36.4. The molecule has 0 unspecified atom stereocenters. The van der Waals surface area contributed by atoms with E-state index in [0.717, 1.165) is 16.2 Å². The maximum atomic E-state index is 14.1. The van der Waals surface area contributed by atoms with E-state index in [0.29, 0.717) is 60.9 Å². The normalized spacial score (nSPS) is 14.3. The second-order valence-electron chi connectivity index (χ2n) is 11.9. The number of anilines is 1. The summed E-state index contributed by atoms with van der Waals surface area (Å²) in [4.78, 5) is 31.1. The number of hydrogen-bond donors (Lipinski definition) is 0. The third-order valence-corrected chi connectivity index (χ3v) is 9.36. The molecule has 1 fully saturated rings. The summed E-state index contributed by atoms with van der Waals surface area (Å²) < 4.78 is 96.1. The molecular weight excluding hydrogens is 661 g/mol. The Balaban J connectivity index is 1.80. The van der Waals surface area contributed by atoms with Crippen molar-refractivity contribution in [3.05, 3.63) is 74.9 Å². The Kier molecular flexibility index (Phi) is 10.3. The Labute approximate surface area is 277 Å². The number of benzene rings is 2. The van der Waals surface area contributed by atoms with Crippen LogP contribution in [0.3, 0.4) is 0 Å². The summed E-state index contributed by atoms with van der Waals surface area (Å²) in [7, 11) is 1.28. The van der Waals surface area contributed by atoms with Crippen molar-refractivity contribution < 1.29 is 40.3 Å². The van der Waals surface area contributed by atoms with Crippen LogP contribution in [0.5, 0.6) is 0 Å². The Bertz CT molecular complexity index is 1800. The number of carbonyl (C=O) groups is 2. The molecule has 1 aliphatic rings. The zero-order valence-electron chi connectivity index (χ0n) is 26.7. The third-order valence-electron chi connectivity index (χ3n) is 8.23. The molecule has 6 nitrogen and oxygen atoms in total. The van der Waals surface area contributed by atoms with E-state index >= 15 is 0 Å². The Morgan fingerprint density at radius 2 is 1.50 bits per heavy atom. The number of hydrogen-bond acceptors (Lipinski definition) is 5. The van der Waals surface area contributed by atoms with Gasteiger partial charge in [-0.2, -0.15) is 31.6 Å². The minimum atomic E-state index is -5.12. The lowest BCUT2D eigenvalue weighted by Crippen LogP contribution is -2.47. The minimum absolute atomic E-state index is 0.00990. The highest BCUT2D eigenvalue weighted by Gasteiger charge is 2.42. The molecule has 254 valence electrons. The van der Waals surface area contributed by atoms with Gasteiger partial charge in [-0.25, -0.2) is 4.39 Å². The minimum Gasteiger partial charge on any atom is -0.340 e. The molecule has 0 radical (unpaired) electrons. The summed E-state index contributed by atoms with van der Waals surface area (Å²) >= 11 is 1.06. The molecule has 1 aliphatic heterocycles. The van der Waals surface area contributed by atoms with E-state index in [1.54, 1.807) is 11.8 Å². The average molecular weight is 693 g/mol. The average Bonchev–Trinajstić information content (AvgIpc) is 3.37. The molecule has 0 atom stereocenters. The molecule has 2 heterocycles. The largest absolute Gasteiger partial charge is 0.416 e. The second-order valence-corrected chi connectivity index (χ2v) is 12.9. The molecule has 2 amide bonds. The highest BCUT2D eigenvalue weighted by molar-refractivity contribution is 7.17. The molecule has 1 aromatic heterocycles. The predicted octanol–water partition coefficient (Wildman–Crippen LogP) is 7.23. The highest BCUT2D eigenvalue weighted by atomic mass is 32.1. The summed E-state index contributed by atoms with van der Waals surface area (Å²) in [6.45, 7) is 8.09. The van der Waals surface area contributed by atoms with Gasteiger partial charge in [0.1, 0.15) is 17.4 Å². The van der Waals surface area contributed by atoms with Crippen molar-refractivity contribution in [2.24, 2.45) is 0 Å². The van der Waals surface area contributed by atoms with E-state index in [1.165, 1.54) is 46.0 Å². The quantitative estimate of drug-likeness (QED) is 0.209. The summed E-state index contributed by atoms with van der Waals surface area (Å²) in [5.74, 6) is 4.56. The molecule has 2 aromatic carbocycles. The van der Waals surface area contributed by atoms with Gasteiger partial charge in [-0.05, 0) is 67.8 Å². The maximum Gasteiger partial charge on any atom is 0.416 e. The number of carbonyl (C=O) groups excluding carboxylic acids is 2. The molecule has 0 N–H and O–H groups in total. The fraction of sp³-hybridized carbons (Fsp3) is 0.382. The first-order chi connectivity index (χ1) is 22.2. The van der Waals surface area contributed by atoms with Crippen LogP contribution in [0.1, 0.15) is 53.5 Å². The molecular formula is C34H31F7N4O2S. The number of nitriles is 1. The first-order valence-corrected chi connectivity index (χ1v) is 15.5. The van der Waals surface area contributed by atoms with Crippen LogP contribution in [-0.4, -0.2) is 61.4 Å². The van der Waals surface area contributed by atoms with Gasteiger partial charge >= 0.3 is 12.4 Å². The van der Waals surface area contributed by atoms with Crippen LogP contribution in [0, 0.1) is 35.9 Å². The van der Waals surface area contributed by atoms with E-state index in [4.69, 9.17) is 0 Å². The zero-order chi connectivity index (χ0) is 35.8. The number of likely N-dealkylation sites (N-methyl/N-ethyl adjacent to an activating group) is 1. The fourth-order valence-corrected chi connectivity index (χ4v) is 6.66. The van der Waals surface area contributed by atoms with Gasteiger partial charge < -0.3 is 9.80 Å². The van der Waals surface area contributed by atoms with Crippen molar-refractivity contribution in [2.75, 3.05) is 44.7 Å². The Morgan fingerprint density at radius 3 is 2.00 bits per heavy atom. The number of halogens is 7. The number of nitrogens with zero attached hydrogens (tertiary/aromatic N) is 4.